The summed E-state index contributed by atoms with van der Waals surface area (Å²) in [7, 11) is 0. The number of nitrogens with one attached hydrogen (secondary N) is 1. The van der Waals surface area contributed by atoms with Crippen molar-refractivity contribution >= 4 is 0 Å². The van der Waals surface area contributed by atoms with Crippen LogP contribution in [0.4, 0.5) is 0 Å². The van der Waals surface area contributed by atoms with Crippen molar-refractivity contribution in [2.45, 2.75) is 65.8 Å². The molecule has 0 aromatic heterocycles. The predicted molar refractivity (Wildman–Crippen MR) is 63.9 cm³/mol. The monoisotopic (exact) mass is 213 g/mol. The molecule has 0 aromatic carbocycles. The van der Waals surface area contributed by atoms with Crippen LogP contribution in [0.1, 0.15) is 59.8 Å². The maximum absolute atomic E-state index is 9.41. The fraction of sp³-hybridized carbons (Fsp3) is 1.00. The topological polar surface area (TPSA) is 32.3 Å². The van der Waals surface area contributed by atoms with E-state index in [0.29, 0.717) is 11.8 Å². The molecule has 1 fully saturated rings. The van der Waals surface area contributed by atoms with Crippen LogP contribution in [-0.4, -0.2) is 11.2 Å². The van der Waals surface area contributed by atoms with Gasteiger partial charge in [-0.1, -0.05) is 47.0 Å². The second kappa shape index (κ2) is 5.31. The molecule has 2 N–H and O–H groups in total. The first-order valence-corrected chi connectivity index (χ1v) is 6.39. The van der Waals surface area contributed by atoms with Crippen LogP contribution in [0.3, 0.4) is 0 Å². The van der Waals surface area contributed by atoms with E-state index in [9.17, 15) is 5.21 Å². The van der Waals surface area contributed by atoms with E-state index in [-0.39, 0.29) is 11.5 Å². The minimum Gasteiger partial charge on any atom is -0.317 e. The van der Waals surface area contributed by atoms with Crippen LogP contribution < -0.4 is 5.48 Å². The Labute approximate surface area is 94.4 Å². The standard InChI is InChI=1S/C13H27NO/c1-10(2)13(3,4)12(14-15)11-8-6-5-7-9-11/h10-12,14-15H,5-9H2,1-4H3. The van der Waals surface area contributed by atoms with Gasteiger partial charge in [0.15, 0.2) is 0 Å². The highest BCUT2D eigenvalue weighted by Gasteiger charge is 2.37. The summed E-state index contributed by atoms with van der Waals surface area (Å²) in [6, 6.07) is 0.248. The Kier molecular flexibility index (Phi) is 4.60. The van der Waals surface area contributed by atoms with Crippen LogP contribution in [0.5, 0.6) is 0 Å². The second-order valence-electron chi connectivity index (χ2n) is 5.98. The molecule has 2 nitrogen and oxygen atoms in total. The molecule has 1 aliphatic rings. The van der Waals surface area contributed by atoms with Gasteiger partial charge in [0.1, 0.15) is 0 Å². The van der Waals surface area contributed by atoms with Gasteiger partial charge in [0, 0.05) is 6.04 Å². The van der Waals surface area contributed by atoms with Crippen LogP contribution in [0, 0.1) is 17.3 Å². The Bertz CT molecular complexity index is 183. The Morgan fingerprint density at radius 1 is 1.13 bits per heavy atom. The van der Waals surface area contributed by atoms with Gasteiger partial charge in [-0.15, -0.1) is 0 Å². The fourth-order valence-electron chi connectivity index (χ4n) is 2.71. The summed E-state index contributed by atoms with van der Waals surface area (Å²) in [5.74, 6) is 1.24. The molecule has 0 bridgehead atoms. The Morgan fingerprint density at radius 3 is 2.07 bits per heavy atom. The highest BCUT2D eigenvalue weighted by molar-refractivity contribution is 4.90. The summed E-state index contributed by atoms with van der Waals surface area (Å²) in [4.78, 5) is 0. The molecule has 90 valence electrons. The summed E-state index contributed by atoms with van der Waals surface area (Å²) in [5, 5.41) is 9.41. The highest BCUT2D eigenvalue weighted by Crippen LogP contribution is 2.39. The number of hydrogen-bond donors (Lipinski definition) is 2. The lowest BCUT2D eigenvalue weighted by Crippen LogP contribution is -2.49. The molecule has 1 aliphatic carbocycles. The van der Waals surface area contributed by atoms with Crippen LogP contribution in [0.25, 0.3) is 0 Å². The van der Waals surface area contributed by atoms with Crippen molar-refractivity contribution in [3.05, 3.63) is 0 Å². The summed E-state index contributed by atoms with van der Waals surface area (Å²) in [5.41, 5.74) is 2.76. The third kappa shape index (κ3) is 2.94. The molecular weight excluding hydrogens is 186 g/mol. The van der Waals surface area contributed by atoms with Gasteiger partial charge in [0.25, 0.3) is 0 Å². The maximum atomic E-state index is 9.41. The van der Waals surface area contributed by atoms with E-state index < -0.39 is 0 Å². The number of rotatable bonds is 4. The molecule has 0 radical (unpaired) electrons. The Morgan fingerprint density at radius 2 is 1.67 bits per heavy atom. The summed E-state index contributed by atoms with van der Waals surface area (Å²) in [6.07, 6.45) is 6.58. The molecule has 1 unspecified atom stereocenters. The van der Waals surface area contributed by atoms with Crippen LogP contribution in [0.15, 0.2) is 0 Å². The minimum atomic E-state index is 0.163. The molecule has 0 saturated heterocycles. The first-order valence-electron chi connectivity index (χ1n) is 6.39. The summed E-state index contributed by atoms with van der Waals surface area (Å²) in [6.45, 7) is 9.01. The molecule has 1 atom stereocenters. The largest absolute Gasteiger partial charge is 0.317 e. The van der Waals surface area contributed by atoms with Crippen molar-refractivity contribution in [3.63, 3.8) is 0 Å². The van der Waals surface area contributed by atoms with E-state index in [1.807, 2.05) is 0 Å². The molecule has 1 saturated carbocycles. The van der Waals surface area contributed by atoms with E-state index in [1.54, 1.807) is 0 Å². The SMILES string of the molecule is CC(C)C(C)(C)C(NO)C1CCCCC1. The lowest BCUT2D eigenvalue weighted by Gasteiger charge is -2.42. The van der Waals surface area contributed by atoms with Gasteiger partial charge in [-0.3, -0.25) is 0 Å². The zero-order valence-electron chi connectivity index (χ0n) is 10.7. The van der Waals surface area contributed by atoms with E-state index >= 15 is 0 Å². The summed E-state index contributed by atoms with van der Waals surface area (Å²) >= 11 is 0. The van der Waals surface area contributed by atoms with Crippen LogP contribution in [-0.2, 0) is 0 Å². The van der Waals surface area contributed by atoms with E-state index in [1.165, 1.54) is 32.1 Å². The van der Waals surface area contributed by atoms with Gasteiger partial charge in [0.2, 0.25) is 0 Å². The van der Waals surface area contributed by atoms with E-state index in [2.05, 4.69) is 33.2 Å². The molecule has 2 heteroatoms. The zero-order valence-corrected chi connectivity index (χ0v) is 10.7. The molecule has 0 aliphatic heterocycles. The zero-order chi connectivity index (χ0) is 11.5. The number of hydrogen-bond acceptors (Lipinski definition) is 2. The second-order valence-corrected chi connectivity index (χ2v) is 5.98. The average Bonchev–Trinajstić information content (AvgIpc) is 2.19. The number of hydroxylamine groups is 1. The molecular formula is C13H27NO. The third-order valence-electron chi connectivity index (χ3n) is 4.55. The molecule has 0 spiro atoms. The molecule has 0 heterocycles. The van der Waals surface area contributed by atoms with Crippen molar-refractivity contribution in [2.75, 3.05) is 0 Å². The van der Waals surface area contributed by atoms with Gasteiger partial charge in [-0.2, -0.15) is 0 Å². The first-order chi connectivity index (χ1) is 7.00. The van der Waals surface area contributed by atoms with Crippen LogP contribution in [0.2, 0.25) is 0 Å². The maximum Gasteiger partial charge on any atom is 0.0401 e. The van der Waals surface area contributed by atoms with Crippen molar-refractivity contribution in [3.8, 4) is 0 Å². The predicted octanol–water partition coefficient (Wildman–Crippen LogP) is 3.60. The van der Waals surface area contributed by atoms with Gasteiger partial charge in [-0.05, 0) is 30.1 Å². The average molecular weight is 213 g/mol. The van der Waals surface area contributed by atoms with Gasteiger partial charge in [0.05, 0.1) is 0 Å². The molecule has 0 aromatic rings. The van der Waals surface area contributed by atoms with Gasteiger partial charge < -0.3 is 5.21 Å². The molecule has 0 amide bonds. The fourth-order valence-corrected chi connectivity index (χ4v) is 2.71. The Balaban J connectivity index is 2.68. The van der Waals surface area contributed by atoms with E-state index in [4.69, 9.17) is 0 Å². The molecule has 1 rings (SSSR count). The van der Waals surface area contributed by atoms with Gasteiger partial charge in [-0.25, -0.2) is 5.48 Å². The Hall–Kier alpha value is -0.0800. The first kappa shape index (κ1) is 13.0. The lowest BCUT2D eigenvalue weighted by molar-refractivity contribution is -0.000403. The normalized spacial score (nSPS) is 22.0. The third-order valence-corrected chi connectivity index (χ3v) is 4.55. The van der Waals surface area contributed by atoms with E-state index in [0.717, 1.165) is 0 Å². The van der Waals surface area contributed by atoms with Crippen molar-refractivity contribution in [2.24, 2.45) is 17.3 Å². The smallest absolute Gasteiger partial charge is 0.0401 e. The lowest BCUT2D eigenvalue weighted by atomic mass is 9.67. The van der Waals surface area contributed by atoms with Gasteiger partial charge >= 0.3 is 0 Å². The van der Waals surface area contributed by atoms with Crippen LogP contribution >= 0.6 is 0 Å². The van der Waals surface area contributed by atoms with Crippen molar-refractivity contribution < 1.29 is 5.21 Å². The molecule has 15 heavy (non-hydrogen) atoms. The van der Waals surface area contributed by atoms with Crippen molar-refractivity contribution in [1.82, 2.24) is 5.48 Å². The minimum absolute atomic E-state index is 0.163. The van der Waals surface area contributed by atoms with Crippen molar-refractivity contribution in [1.29, 1.82) is 0 Å². The highest BCUT2D eigenvalue weighted by atomic mass is 16.5. The quantitative estimate of drug-likeness (QED) is 0.699. The summed E-state index contributed by atoms with van der Waals surface area (Å²) < 4.78 is 0.